The van der Waals surface area contributed by atoms with Crippen molar-refractivity contribution in [2.75, 3.05) is 31.7 Å². The van der Waals surface area contributed by atoms with E-state index < -0.39 is 23.7 Å². The van der Waals surface area contributed by atoms with Crippen molar-refractivity contribution in [1.29, 1.82) is 0 Å². The van der Waals surface area contributed by atoms with Gasteiger partial charge in [0.05, 0.1) is 19.3 Å². The van der Waals surface area contributed by atoms with Gasteiger partial charge in [-0.1, -0.05) is 25.3 Å². The number of amides is 3. The molecule has 0 radical (unpaired) electrons. The molecule has 0 aromatic heterocycles. The number of rotatable bonds is 2. The second kappa shape index (κ2) is 11.7. The predicted molar refractivity (Wildman–Crippen MR) is 140 cm³/mol. The number of fused-ring (bicyclic) bond motifs is 4. The SMILES string of the molecule is CN1C(=O)N[C@@H](C2CCCCC2)C(=O)N2C[C@@H](C[C@H]2C(=O)OC(C)(C)C)OCCCOc2cccc1c2. The second-order valence-electron chi connectivity index (χ2n) is 11.4. The minimum atomic E-state index is -0.751. The van der Waals surface area contributed by atoms with Gasteiger partial charge in [-0.15, -0.1) is 0 Å². The molecule has 9 nitrogen and oxygen atoms in total. The third-order valence-electron chi connectivity index (χ3n) is 7.31. The molecule has 0 spiro atoms. The molecule has 37 heavy (non-hydrogen) atoms. The first-order valence-corrected chi connectivity index (χ1v) is 13.5. The predicted octanol–water partition coefficient (Wildman–Crippen LogP) is 3.89. The van der Waals surface area contributed by atoms with E-state index in [2.05, 4.69) is 5.32 Å². The minimum absolute atomic E-state index is 0.00593. The first-order valence-electron chi connectivity index (χ1n) is 13.5. The van der Waals surface area contributed by atoms with E-state index in [1.807, 2.05) is 45.0 Å². The zero-order valence-electron chi connectivity index (χ0n) is 22.5. The van der Waals surface area contributed by atoms with Crippen LogP contribution in [-0.4, -0.2) is 73.4 Å². The van der Waals surface area contributed by atoms with Gasteiger partial charge in [-0.25, -0.2) is 9.59 Å². The highest BCUT2D eigenvalue weighted by Crippen LogP contribution is 2.31. The number of anilines is 1. The number of benzene rings is 1. The van der Waals surface area contributed by atoms with Crippen molar-refractivity contribution >= 4 is 23.6 Å². The smallest absolute Gasteiger partial charge is 0.329 e. The highest BCUT2D eigenvalue weighted by Gasteiger charge is 2.46. The van der Waals surface area contributed by atoms with E-state index in [9.17, 15) is 14.4 Å². The Morgan fingerprint density at radius 1 is 1.08 bits per heavy atom. The highest BCUT2D eigenvalue weighted by atomic mass is 16.6. The summed E-state index contributed by atoms with van der Waals surface area (Å²) in [6.45, 7) is 6.65. The summed E-state index contributed by atoms with van der Waals surface area (Å²) >= 11 is 0. The molecule has 1 saturated heterocycles. The van der Waals surface area contributed by atoms with Crippen molar-refractivity contribution in [3.63, 3.8) is 0 Å². The largest absolute Gasteiger partial charge is 0.493 e. The number of hydrogen-bond acceptors (Lipinski definition) is 6. The van der Waals surface area contributed by atoms with Gasteiger partial charge in [0.1, 0.15) is 23.4 Å². The third kappa shape index (κ3) is 6.94. The second-order valence-corrected chi connectivity index (χ2v) is 11.4. The number of nitrogens with zero attached hydrogens (tertiary/aromatic N) is 2. The Kier molecular flexibility index (Phi) is 8.62. The van der Waals surface area contributed by atoms with Gasteiger partial charge in [-0.2, -0.15) is 0 Å². The van der Waals surface area contributed by atoms with Crippen LogP contribution in [0.5, 0.6) is 5.75 Å². The number of carbonyl (C=O) groups excluding carboxylic acids is 3. The fourth-order valence-electron chi connectivity index (χ4n) is 5.41. The van der Waals surface area contributed by atoms with Gasteiger partial charge in [0.2, 0.25) is 5.91 Å². The van der Waals surface area contributed by atoms with Gasteiger partial charge in [-0.05, 0) is 51.7 Å². The van der Waals surface area contributed by atoms with Crippen molar-refractivity contribution in [1.82, 2.24) is 10.2 Å². The number of ether oxygens (including phenoxy) is 3. The van der Waals surface area contributed by atoms with Gasteiger partial charge in [-0.3, -0.25) is 9.69 Å². The standard InChI is InChI=1S/C28H41N3O6/c1-28(2,3)37-26(33)23-17-22-18-31(23)25(32)24(19-10-6-5-7-11-19)29-27(34)30(4)20-12-8-13-21(16-20)35-14-9-15-36-22/h8,12-13,16,19,22-24H,5-7,9-11,14-15,17-18H2,1-4H3,(H,29,34)/t22-,23+,24+/m1/s1. The number of hydrogen-bond donors (Lipinski definition) is 1. The van der Waals surface area contributed by atoms with Crippen molar-refractivity contribution in [2.24, 2.45) is 5.92 Å². The summed E-state index contributed by atoms with van der Waals surface area (Å²) in [6.07, 6.45) is 5.60. The van der Waals surface area contributed by atoms with Crippen LogP contribution >= 0.6 is 0 Å². The maximum absolute atomic E-state index is 14.1. The first kappa shape index (κ1) is 27.2. The van der Waals surface area contributed by atoms with E-state index in [-0.39, 0.29) is 30.5 Å². The lowest BCUT2D eigenvalue weighted by Crippen LogP contribution is -2.57. The van der Waals surface area contributed by atoms with Crippen molar-refractivity contribution in [2.45, 2.75) is 89.5 Å². The maximum Gasteiger partial charge on any atom is 0.329 e. The molecule has 3 atom stereocenters. The molecular weight excluding hydrogens is 474 g/mol. The molecule has 0 unspecified atom stereocenters. The zero-order valence-corrected chi connectivity index (χ0v) is 22.5. The molecule has 4 rings (SSSR count). The molecule has 1 saturated carbocycles. The van der Waals surface area contributed by atoms with Crippen LogP contribution in [0.1, 0.15) is 65.7 Å². The summed E-state index contributed by atoms with van der Waals surface area (Å²) in [5, 5.41) is 3.03. The molecule has 2 aliphatic heterocycles. The molecule has 1 aromatic rings. The summed E-state index contributed by atoms with van der Waals surface area (Å²) < 4.78 is 17.7. The van der Waals surface area contributed by atoms with Gasteiger partial charge < -0.3 is 24.4 Å². The van der Waals surface area contributed by atoms with Crippen LogP contribution in [0.3, 0.4) is 0 Å². The van der Waals surface area contributed by atoms with Crippen molar-refractivity contribution in [3.05, 3.63) is 24.3 Å². The fourth-order valence-corrected chi connectivity index (χ4v) is 5.41. The molecule has 9 heteroatoms. The lowest BCUT2D eigenvalue weighted by molar-refractivity contribution is -0.163. The lowest BCUT2D eigenvalue weighted by atomic mass is 9.83. The highest BCUT2D eigenvalue weighted by molar-refractivity contribution is 5.96. The molecular formula is C28H41N3O6. The topological polar surface area (TPSA) is 97.4 Å². The Balaban J connectivity index is 1.65. The lowest BCUT2D eigenvalue weighted by Gasteiger charge is -2.35. The Bertz CT molecular complexity index is 971. The Morgan fingerprint density at radius 2 is 1.84 bits per heavy atom. The minimum Gasteiger partial charge on any atom is -0.493 e. The van der Waals surface area contributed by atoms with E-state index in [1.54, 1.807) is 11.9 Å². The Morgan fingerprint density at radius 3 is 2.57 bits per heavy atom. The number of esters is 1. The van der Waals surface area contributed by atoms with Crippen molar-refractivity contribution < 1.29 is 28.6 Å². The molecule has 2 fully saturated rings. The Hall–Kier alpha value is -2.81. The summed E-state index contributed by atoms with van der Waals surface area (Å²) in [4.78, 5) is 43.8. The van der Waals surface area contributed by atoms with Crippen LogP contribution in [-0.2, 0) is 19.1 Å². The van der Waals surface area contributed by atoms with Crippen LogP contribution in [0.2, 0.25) is 0 Å². The van der Waals surface area contributed by atoms with E-state index in [0.717, 1.165) is 32.1 Å². The average Bonchev–Trinajstić information content (AvgIpc) is 3.30. The summed E-state index contributed by atoms with van der Waals surface area (Å²) in [6, 6.07) is 5.50. The molecule has 3 amide bonds. The van der Waals surface area contributed by atoms with Crippen molar-refractivity contribution in [3.8, 4) is 5.75 Å². The molecule has 2 heterocycles. The fraction of sp³-hybridized carbons (Fsp3) is 0.679. The Labute approximate surface area is 219 Å². The van der Waals surface area contributed by atoms with Crippen LogP contribution in [0, 0.1) is 5.92 Å². The summed E-state index contributed by atoms with van der Waals surface area (Å²) in [5.41, 5.74) is -0.00817. The van der Waals surface area contributed by atoms with E-state index >= 15 is 0 Å². The average molecular weight is 516 g/mol. The molecule has 1 aliphatic carbocycles. The van der Waals surface area contributed by atoms with Crippen LogP contribution in [0.4, 0.5) is 10.5 Å². The number of nitrogens with one attached hydrogen (secondary N) is 1. The quantitative estimate of drug-likeness (QED) is 0.600. The van der Waals surface area contributed by atoms with Gasteiger partial charge in [0.25, 0.3) is 0 Å². The maximum atomic E-state index is 14.1. The van der Waals surface area contributed by atoms with Crippen LogP contribution in [0.25, 0.3) is 0 Å². The summed E-state index contributed by atoms with van der Waals surface area (Å²) in [7, 11) is 1.68. The van der Waals surface area contributed by atoms with E-state index in [4.69, 9.17) is 14.2 Å². The monoisotopic (exact) mass is 515 g/mol. The van der Waals surface area contributed by atoms with E-state index in [1.165, 1.54) is 4.90 Å². The molecule has 3 aliphatic rings. The number of urea groups is 1. The molecule has 1 aromatic carbocycles. The van der Waals surface area contributed by atoms with Gasteiger partial charge in [0, 0.05) is 38.2 Å². The summed E-state index contributed by atoms with van der Waals surface area (Å²) in [5.74, 6) is 0.00226. The third-order valence-corrected chi connectivity index (χ3v) is 7.31. The van der Waals surface area contributed by atoms with Gasteiger partial charge >= 0.3 is 12.0 Å². The van der Waals surface area contributed by atoms with Crippen LogP contribution < -0.4 is 15.0 Å². The van der Waals surface area contributed by atoms with Crippen LogP contribution in [0.15, 0.2) is 24.3 Å². The normalized spacial score (nSPS) is 26.4. The van der Waals surface area contributed by atoms with E-state index in [0.29, 0.717) is 37.5 Å². The number of carbonyl (C=O) groups is 3. The van der Waals surface area contributed by atoms with Gasteiger partial charge in [0.15, 0.2) is 0 Å². The zero-order chi connectivity index (χ0) is 26.6. The molecule has 4 bridgehead atoms. The molecule has 1 N–H and O–H groups in total. The first-order chi connectivity index (χ1) is 17.6. The molecule has 204 valence electrons.